The first kappa shape index (κ1) is 16.0. The number of amides is 1. The Kier molecular flexibility index (Phi) is 4.39. The summed E-state index contributed by atoms with van der Waals surface area (Å²) in [5.74, 6) is -0.127. The highest BCUT2D eigenvalue weighted by atomic mass is 16.5. The molecular formula is C15H25N3O3. The van der Waals surface area contributed by atoms with Gasteiger partial charge in [0.2, 0.25) is 5.91 Å². The number of ether oxygens (including phenoxy) is 1. The second kappa shape index (κ2) is 5.77. The largest absolute Gasteiger partial charge is 0.387 e. The lowest BCUT2D eigenvalue weighted by Crippen LogP contribution is -2.68. The van der Waals surface area contributed by atoms with Gasteiger partial charge in [0.05, 0.1) is 23.8 Å². The monoisotopic (exact) mass is 295 g/mol. The van der Waals surface area contributed by atoms with E-state index in [0.717, 1.165) is 5.69 Å². The average molecular weight is 295 g/mol. The van der Waals surface area contributed by atoms with E-state index in [-0.39, 0.29) is 30.4 Å². The van der Waals surface area contributed by atoms with Gasteiger partial charge in [-0.15, -0.1) is 0 Å². The van der Waals surface area contributed by atoms with Crippen LogP contribution < -0.4 is 5.32 Å². The van der Waals surface area contributed by atoms with Gasteiger partial charge < -0.3 is 15.2 Å². The lowest BCUT2D eigenvalue weighted by molar-refractivity contribution is -0.238. The van der Waals surface area contributed by atoms with Crippen LogP contribution in [0.4, 0.5) is 0 Å². The van der Waals surface area contributed by atoms with E-state index in [1.165, 1.54) is 0 Å². The smallest absolute Gasteiger partial charge is 0.226 e. The number of carbonyl (C=O) groups is 1. The summed E-state index contributed by atoms with van der Waals surface area (Å²) in [7, 11) is 1.81. The first-order valence-electron chi connectivity index (χ1n) is 7.37. The number of hydrogen-bond acceptors (Lipinski definition) is 4. The number of rotatable bonds is 6. The van der Waals surface area contributed by atoms with Gasteiger partial charge in [0, 0.05) is 38.2 Å². The molecule has 0 spiro atoms. The van der Waals surface area contributed by atoms with Gasteiger partial charge in [-0.05, 0) is 13.0 Å². The maximum Gasteiger partial charge on any atom is 0.226 e. The van der Waals surface area contributed by atoms with Crippen molar-refractivity contribution in [2.45, 2.75) is 45.3 Å². The highest BCUT2D eigenvalue weighted by molar-refractivity contribution is 5.78. The predicted molar refractivity (Wildman–Crippen MR) is 78.7 cm³/mol. The molecule has 6 heteroatoms. The molecule has 0 aliphatic heterocycles. The molecule has 118 valence electrons. The van der Waals surface area contributed by atoms with Crippen LogP contribution in [-0.4, -0.2) is 45.7 Å². The summed E-state index contributed by atoms with van der Waals surface area (Å²) in [5.41, 5.74) is -0.546. The van der Waals surface area contributed by atoms with Crippen LogP contribution in [0.2, 0.25) is 0 Å². The standard InChI is InChI=1S/C15H25N3O3/c1-5-21-12-9-15(20,14(12,2)3)10-16-13(19)8-11-6-7-18(4)17-11/h6-7,12,20H,5,8-10H2,1-4H3,(H,16,19). The van der Waals surface area contributed by atoms with E-state index in [0.29, 0.717) is 13.0 Å². The molecule has 1 aliphatic carbocycles. The van der Waals surface area contributed by atoms with Gasteiger partial charge in [-0.3, -0.25) is 9.48 Å². The molecule has 0 saturated heterocycles. The van der Waals surface area contributed by atoms with E-state index in [4.69, 9.17) is 4.74 Å². The molecule has 0 aromatic carbocycles. The zero-order valence-electron chi connectivity index (χ0n) is 13.2. The third-order valence-electron chi connectivity index (χ3n) is 4.58. The molecule has 21 heavy (non-hydrogen) atoms. The molecule has 0 bridgehead atoms. The second-order valence-corrected chi connectivity index (χ2v) is 6.34. The molecule has 2 unspecified atom stereocenters. The molecule has 1 aromatic rings. The fourth-order valence-corrected chi connectivity index (χ4v) is 2.79. The zero-order valence-corrected chi connectivity index (χ0v) is 13.2. The summed E-state index contributed by atoms with van der Waals surface area (Å²) in [5, 5.41) is 17.6. The normalized spacial score (nSPS) is 27.2. The van der Waals surface area contributed by atoms with Gasteiger partial charge in [-0.25, -0.2) is 0 Å². The first-order chi connectivity index (χ1) is 9.78. The van der Waals surface area contributed by atoms with Crippen molar-refractivity contribution in [2.75, 3.05) is 13.2 Å². The van der Waals surface area contributed by atoms with Crippen molar-refractivity contribution in [3.05, 3.63) is 18.0 Å². The van der Waals surface area contributed by atoms with Crippen molar-refractivity contribution in [1.82, 2.24) is 15.1 Å². The molecule has 1 heterocycles. The molecule has 2 rings (SSSR count). The Hall–Kier alpha value is -1.40. The van der Waals surface area contributed by atoms with E-state index >= 15 is 0 Å². The minimum absolute atomic E-state index is 0.0418. The first-order valence-corrected chi connectivity index (χ1v) is 7.37. The second-order valence-electron chi connectivity index (χ2n) is 6.34. The summed E-state index contributed by atoms with van der Waals surface area (Å²) >= 11 is 0. The van der Waals surface area contributed by atoms with Gasteiger partial charge >= 0.3 is 0 Å². The molecular weight excluding hydrogens is 270 g/mol. The number of aryl methyl sites for hydroxylation is 1. The Morgan fingerprint density at radius 3 is 2.86 bits per heavy atom. The van der Waals surface area contributed by atoms with E-state index in [2.05, 4.69) is 10.4 Å². The lowest BCUT2D eigenvalue weighted by Gasteiger charge is -2.57. The zero-order chi connectivity index (χ0) is 15.7. The number of nitrogens with one attached hydrogen (secondary N) is 1. The van der Waals surface area contributed by atoms with Crippen molar-refractivity contribution in [3.63, 3.8) is 0 Å². The van der Waals surface area contributed by atoms with Gasteiger partial charge in [0.25, 0.3) is 0 Å². The summed E-state index contributed by atoms with van der Waals surface area (Å²) in [6.07, 6.45) is 2.63. The number of aromatic nitrogens is 2. The van der Waals surface area contributed by atoms with E-state index in [1.54, 1.807) is 10.9 Å². The van der Waals surface area contributed by atoms with Crippen LogP contribution in [-0.2, 0) is 23.0 Å². The summed E-state index contributed by atoms with van der Waals surface area (Å²) in [6.45, 7) is 6.77. The summed E-state index contributed by atoms with van der Waals surface area (Å²) < 4.78 is 7.27. The lowest BCUT2D eigenvalue weighted by atomic mass is 9.56. The Bertz CT molecular complexity index is 512. The molecule has 1 fully saturated rings. The van der Waals surface area contributed by atoms with Crippen molar-refractivity contribution in [3.8, 4) is 0 Å². The fourth-order valence-electron chi connectivity index (χ4n) is 2.79. The van der Waals surface area contributed by atoms with E-state index in [1.807, 2.05) is 33.9 Å². The van der Waals surface area contributed by atoms with Gasteiger partial charge in [-0.1, -0.05) is 13.8 Å². The quantitative estimate of drug-likeness (QED) is 0.808. The van der Waals surface area contributed by atoms with Crippen molar-refractivity contribution >= 4 is 5.91 Å². The van der Waals surface area contributed by atoms with Crippen LogP contribution in [0, 0.1) is 5.41 Å². The Balaban J connectivity index is 1.84. The predicted octanol–water partition coefficient (Wildman–Crippen LogP) is 0.645. The number of hydrogen-bond donors (Lipinski definition) is 2. The van der Waals surface area contributed by atoms with Crippen LogP contribution in [0.5, 0.6) is 0 Å². The SMILES string of the molecule is CCOC1CC(O)(CNC(=O)Cc2ccn(C)n2)C1(C)C. The van der Waals surface area contributed by atoms with Crippen LogP contribution in [0.1, 0.15) is 32.9 Å². The summed E-state index contributed by atoms with van der Waals surface area (Å²) in [6, 6.07) is 1.81. The highest BCUT2D eigenvalue weighted by Crippen LogP contribution is 2.50. The molecule has 2 atom stereocenters. The molecule has 1 aromatic heterocycles. The number of carbonyl (C=O) groups excluding carboxylic acids is 1. The van der Waals surface area contributed by atoms with Gasteiger partial charge in [-0.2, -0.15) is 5.10 Å². The minimum Gasteiger partial charge on any atom is -0.387 e. The molecule has 1 saturated carbocycles. The van der Waals surface area contributed by atoms with Crippen LogP contribution >= 0.6 is 0 Å². The fraction of sp³-hybridized carbons (Fsp3) is 0.733. The maximum absolute atomic E-state index is 11.9. The van der Waals surface area contributed by atoms with Crippen LogP contribution in [0.3, 0.4) is 0 Å². The summed E-state index contributed by atoms with van der Waals surface area (Å²) in [4.78, 5) is 11.9. The average Bonchev–Trinajstić information content (AvgIpc) is 2.81. The third-order valence-corrected chi connectivity index (χ3v) is 4.58. The van der Waals surface area contributed by atoms with Crippen molar-refractivity contribution in [2.24, 2.45) is 12.5 Å². The Labute approximate surface area is 125 Å². The molecule has 0 radical (unpaired) electrons. The Morgan fingerprint density at radius 1 is 1.62 bits per heavy atom. The topological polar surface area (TPSA) is 76.4 Å². The van der Waals surface area contributed by atoms with E-state index in [9.17, 15) is 9.90 Å². The van der Waals surface area contributed by atoms with E-state index < -0.39 is 5.60 Å². The Morgan fingerprint density at radius 2 is 2.33 bits per heavy atom. The number of nitrogens with zero attached hydrogens (tertiary/aromatic N) is 2. The molecule has 1 amide bonds. The number of aliphatic hydroxyl groups is 1. The molecule has 2 N–H and O–H groups in total. The molecule has 6 nitrogen and oxygen atoms in total. The van der Waals surface area contributed by atoms with Gasteiger partial charge in [0.1, 0.15) is 0 Å². The molecule has 1 aliphatic rings. The van der Waals surface area contributed by atoms with Crippen molar-refractivity contribution < 1.29 is 14.6 Å². The van der Waals surface area contributed by atoms with Crippen LogP contribution in [0.25, 0.3) is 0 Å². The maximum atomic E-state index is 11.9. The minimum atomic E-state index is -0.910. The van der Waals surface area contributed by atoms with Gasteiger partial charge in [0.15, 0.2) is 0 Å². The third kappa shape index (κ3) is 3.11. The van der Waals surface area contributed by atoms with Crippen LogP contribution in [0.15, 0.2) is 12.3 Å². The highest BCUT2D eigenvalue weighted by Gasteiger charge is 2.59. The van der Waals surface area contributed by atoms with Crippen molar-refractivity contribution in [1.29, 1.82) is 0 Å².